The van der Waals surface area contributed by atoms with E-state index in [0.717, 1.165) is 12.8 Å². The summed E-state index contributed by atoms with van der Waals surface area (Å²) >= 11 is 0. The van der Waals surface area contributed by atoms with E-state index in [0.29, 0.717) is 37.3 Å². The Morgan fingerprint density at radius 3 is 2.30 bits per heavy atom. The third-order valence-electron chi connectivity index (χ3n) is 4.45. The van der Waals surface area contributed by atoms with Gasteiger partial charge in [-0.25, -0.2) is 0 Å². The highest BCUT2D eigenvalue weighted by atomic mass is 16.2. The minimum absolute atomic E-state index is 0.0725. The second kappa shape index (κ2) is 7.77. The first-order valence-electron chi connectivity index (χ1n) is 8.18. The van der Waals surface area contributed by atoms with Crippen molar-refractivity contribution in [2.24, 2.45) is 5.92 Å². The molecular weight excluding hydrogens is 290 g/mol. The zero-order chi connectivity index (χ0) is 16.8. The molecule has 1 fully saturated rings. The Morgan fingerprint density at radius 2 is 1.74 bits per heavy atom. The van der Waals surface area contributed by atoms with Crippen molar-refractivity contribution in [3.05, 3.63) is 35.4 Å². The van der Waals surface area contributed by atoms with Crippen LogP contribution >= 0.6 is 0 Å². The quantitative estimate of drug-likeness (QED) is 0.856. The standard InChI is InChI=1S/C18H23N3O2/c1-3-15(4-2)17(22)20-8-10-21(11-9-20)18(23)16-7-5-6-14(12-16)13-19/h5-7,12,15H,3-4,8-11H2,1-2H3. The molecule has 122 valence electrons. The highest BCUT2D eigenvalue weighted by molar-refractivity contribution is 5.94. The van der Waals surface area contributed by atoms with E-state index in [1.807, 2.05) is 24.8 Å². The maximum absolute atomic E-state index is 12.5. The highest BCUT2D eigenvalue weighted by Gasteiger charge is 2.27. The summed E-state index contributed by atoms with van der Waals surface area (Å²) in [5, 5.41) is 8.93. The lowest BCUT2D eigenvalue weighted by Crippen LogP contribution is -2.51. The average Bonchev–Trinajstić information content (AvgIpc) is 2.62. The minimum atomic E-state index is -0.0725. The van der Waals surface area contributed by atoms with Crippen LogP contribution in [0.1, 0.15) is 42.6 Å². The van der Waals surface area contributed by atoms with E-state index in [2.05, 4.69) is 0 Å². The van der Waals surface area contributed by atoms with Crippen LogP contribution in [0.5, 0.6) is 0 Å². The molecule has 1 aromatic rings. The maximum atomic E-state index is 12.5. The van der Waals surface area contributed by atoms with Crippen molar-refractivity contribution in [1.29, 1.82) is 5.26 Å². The summed E-state index contributed by atoms with van der Waals surface area (Å²) in [6.07, 6.45) is 1.71. The summed E-state index contributed by atoms with van der Waals surface area (Å²) in [5.74, 6) is 0.217. The predicted octanol–water partition coefficient (Wildman–Crippen LogP) is 2.28. The number of carbonyl (C=O) groups excluding carboxylic acids is 2. The molecule has 0 aliphatic carbocycles. The first-order chi connectivity index (χ1) is 11.1. The molecule has 0 aromatic heterocycles. The molecule has 2 amide bonds. The SMILES string of the molecule is CCC(CC)C(=O)N1CCN(C(=O)c2cccc(C#N)c2)CC1. The molecule has 0 radical (unpaired) electrons. The van der Waals surface area contributed by atoms with Gasteiger partial charge in [-0.15, -0.1) is 0 Å². The van der Waals surface area contributed by atoms with Gasteiger partial charge in [-0.2, -0.15) is 5.26 Å². The normalized spacial score (nSPS) is 14.7. The molecule has 23 heavy (non-hydrogen) atoms. The smallest absolute Gasteiger partial charge is 0.254 e. The summed E-state index contributed by atoms with van der Waals surface area (Å²) in [6, 6.07) is 8.80. The van der Waals surface area contributed by atoms with Gasteiger partial charge in [0.25, 0.3) is 5.91 Å². The fourth-order valence-electron chi connectivity index (χ4n) is 2.93. The van der Waals surface area contributed by atoms with Gasteiger partial charge in [0.2, 0.25) is 5.91 Å². The van der Waals surface area contributed by atoms with E-state index in [4.69, 9.17) is 5.26 Å². The summed E-state index contributed by atoms with van der Waals surface area (Å²) in [6.45, 7) is 6.32. The minimum Gasteiger partial charge on any atom is -0.339 e. The zero-order valence-electron chi connectivity index (χ0n) is 13.8. The van der Waals surface area contributed by atoms with Gasteiger partial charge in [-0.3, -0.25) is 9.59 Å². The summed E-state index contributed by atoms with van der Waals surface area (Å²) in [4.78, 5) is 28.5. The average molecular weight is 313 g/mol. The molecule has 5 nitrogen and oxygen atoms in total. The van der Waals surface area contributed by atoms with Crippen LogP contribution in [-0.4, -0.2) is 47.8 Å². The molecule has 1 saturated heterocycles. The van der Waals surface area contributed by atoms with Crippen molar-refractivity contribution in [2.45, 2.75) is 26.7 Å². The molecule has 5 heteroatoms. The van der Waals surface area contributed by atoms with Crippen molar-refractivity contribution in [3.8, 4) is 6.07 Å². The van der Waals surface area contributed by atoms with Gasteiger partial charge in [0, 0.05) is 37.7 Å². The summed E-state index contributed by atoms with van der Waals surface area (Å²) < 4.78 is 0. The lowest BCUT2D eigenvalue weighted by Gasteiger charge is -2.36. The van der Waals surface area contributed by atoms with Crippen LogP contribution in [0.2, 0.25) is 0 Å². The molecule has 0 bridgehead atoms. The molecule has 1 aromatic carbocycles. The predicted molar refractivity (Wildman–Crippen MR) is 87.7 cm³/mol. The van der Waals surface area contributed by atoms with E-state index in [9.17, 15) is 9.59 Å². The van der Waals surface area contributed by atoms with Gasteiger partial charge in [0.1, 0.15) is 0 Å². The van der Waals surface area contributed by atoms with Gasteiger partial charge in [-0.1, -0.05) is 19.9 Å². The Bertz CT molecular complexity index is 609. The summed E-state index contributed by atoms with van der Waals surface area (Å²) in [7, 11) is 0. The van der Waals surface area contributed by atoms with Gasteiger partial charge in [0.15, 0.2) is 0 Å². The van der Waals surface area contributed by atoms with Gasteiger partial charge in [0.05, 0.1) is 11.6 Å². The van der Waals surface area contributed by atoms with Crippen LogP contribution in [0.4, 0.5) is 0 Å². The number of hydrogen-bond donors (Lipinski definition) is 0. The molecule has 1 aliphatic rings. The van der Waals surface area contributed by atoms with E-state index in [-0.39, 0.29) is 17.7 Å². The van der Waals surface area contributed by atoms with Crippen LogP contribution in [0.25, 0.3) is 0 Å². The fourth-order valence-corrected chi connectivity index (χ4v) is 2.93. The van der Waals surface area contributed by atoms with Crippen LogP contribution in [0.15, 0.2) is 24.3 Å². The molecule has 1 aliphatic heterocycles. The van der Waals surface area contributed by atoms with Crippen molar-refractivity contribution in [3.63, 3.8) is 0 Å². The molecule has 0 N–H and O–H groups in total. The second-order valence-electron chi connectivity index (χ2n) is 5.82. The number of benzene rings is 1. The van der Waals surface area contributed by atoms with Crippen molar-refractivity contribution in [2.75, 3.05) is 26.2 Å². The van der Waals surface area contributed by atoms with E-state index < -0.39 is 0 Å². The Morgan fingerprint density at radius 1 is 1.13 bits per heavy atom. The maximum Gasteiger partial charge on any atom is 0.254 e. The van der Waals surface area contributed by atoms with Crippen molar-refractivity contribution >= 4 is 11.8 Å². The van der Waals surface area contributed by atoms with Crippen molar-refractivity contribution < 1.29 is 9.59 Å². The molecule has 1 heterocycles. The molecule has 0 atom stereocenters. The second-order valence-corrected chi connectivity index (χ2v) is 5.82. The van der Waals surface area contributed by atoms with E-state index in [1.165, 1.54) is 0 Å². The van der Waals surface area contributed by atoms with Gasteiger partial charge >= 0.3 is 0 Å². The van der Waals surface area contributed by atoms with Crippen LogP contribution in [-0.2, 0) is 4.79 Å². The molecule has 2 rings (SSSR count). The highest BCUT2D eigenvalue weighted by Crippen LogP contribution is 2.15. The number of piperazine rings is 1. The Hall–Kier alpha value is -2.35. The number of nitrogens with zero attached hydrogens (tertiary/aromatic N) is 3. The number of carbonyl (C=O) groups is 2. The Balaban J connectivity index is 1.97. The van der Waals surface area contributed by atoms with Crippen LogP contribution in [0.3, 0.4) is 0 Å². The molecule has 0 spiro atoms. The Labute approximate surface area is 137 Å². The first kappa shape index (κ1) is 17.0. The van der Waals surface area contributed by atoms with Gasteiger partial charge < -0.3 is 9.80 Å². The van der Waals surface area contributed by atoms with E-state index in [1.54, 1.807) is 29.2 Å². The molecule has 0 saturated carbocycles. The molecule has 0 unspecified atom stereocenters. The fraction of sp³-hybridized carbons (Fsp3) is 0.500. The van der Waals surface area contributed by atoms with Crippen LogP contribution < -0.4 is 0 Å². The van der Waals surface area contributed by atoms with Crippen LogP contribution in [0, 0.1) is 17.2 Å². The molecular formula is C18H23N3O2. The van der Waals surface area contributed by atoms with E-state index >= 15 is 0 Å². The van der Waals surface area contributed by atoms with Gasteiger partial charge in [-0.05, 0) is 31.0 Å². The number of rotatable bonds is 4. The topological polar surface area (TPSA) is 64.4 Å². The zero-order valence-corrected chi connectivity index (χ0v) is 13.8. The first-order valence-corrected chi connectivity index (χ1v) is 8.18. The number of amides is 2. The third kappa shape index (κ3) is 3.89. The monoisotopic (exact) mass is 313 g/mol. The van der Waals surface area contributed by atoms with Crippen molar-refractivity contribution in [1.82, 2.24) is 9.80 Å². The largest absolute Gasteiger partial charge is 0.339 e. The number of nitriles is 1. The third-order valence-corrected chi connectivity index (χ3v) is 4.45. The Kier molecular flexibility index (Phi) is 5.75. The summed E-state index contributed by atoms with van der Waals surface area (Å²) in [5.41, 5.74) is 1.02. The lowest BCUT2D eigenvalue weighted by atomic mass is 10.0. The lowest BCUT2D eigenvalue weighted by molar-refractivity contribution is -0.137. The number of hydrogen-bond acceptors (Lipinski definition) is 3.